The maximum atomic E-state index is 13.3. The fourth-order valence-electron chi connectivity index (χ4n) is 3.57. The molecule has 7 heteroatoms. The number of carbonyl (C=O) groups is 1. The van der Waals surface area contributed by atoms with Crippen molar-refractivity contribution in [1.82, 2.24) is 0 Å². The lowest BCUT2D eigenvalue weighted by Crippen LogP contribution is -2.36. The van der Waals surface area contributed by atoms with Crippen molar-refractivity contribution >= 4 is 38.9 Å². The Morgan fingerprint density at radius 2 is 1.72 bits per heavy atom. The summed E-state index contributed by atoms with van der Waals surface area (Å²) in [5.74, 6) is -0.256. The largest absolute Gasteiger partial charge is 0.305 e. The lowest BCUT2D eigenvalue weighted by molar-refractivity contribution is 0.0981. The average molecular weight is 427 g/mol. The van der Waals surface area contributed by atoms with Gasteiger partial charge in [0, 0.05) is 17.4 Å². The van der Waals surface area contributed by atoms with Crippen LogP contribution in [0.2, 0.25) is 5.02 Å². The molecule has 1 aliphatic rings. The SMILES string of the molecule is CC1Cc2ccccc2N1C(=O)c1cc(NS(=O)(=O)c2ccccc2)ccc1Cl. The topological polar surface area (TPSA) is 66.5 Å². The first-order valence-corrected chi connectivity index (χ1v) is 11.0. The molecule has 0 aliphatic carbocycles. The second-order valence-electron chi connectivity index (χ2n) is 6.97. The van der Waals surface area contributed by atoms with Crippen LogP contribution in [-0.4, -0.2) is 20.4 Å². The molecular weight excluding hydrogens is 408 g/mol. The zero-order valence-corrected chi connectivity index (χ0v) is 17.2. The second kappa shape index (κ2) is 7.54. The van der Waals surface area contributed by atoms with Crippen LogP contribution in [0.1, 0.15) is 22.8 Å². The normalized spacial score (nSPS) is 15.8. The Balaban J connectivity index is 1.67. The quantitative estimate of drug-likeness (QED) is 0.655. The molecule has 4 rings (SSSR count). The maximum Gasteiger partial charge on any atom is 0.261 e. The fourth-order valence-corrected chi connectivity index (χ4v) is 4.84. The van der Waals surface area contributed by atoms with E-state index in [1.807, 2.05) is 31.2 Å². The number of halogens is 1. The molecule has 0 radical (unpaired) electrons. The Bertz CT molecular complexity index is 1180. The first-order valence-electron chi connectivity index (χ1n) is 9.16. The van der Waals surface area contributed by atoms with Crippen LogP contribution in [-0.2, 0) is 16.4 Å². The summed E-state index contributed by atoms with van der Waals surface area (Å²) in [6.45, 7) is 1.98. The van der Waals surface area contributed by atoms with E-state index in [0.717, 1.165) is 17.7 Å². The van der Waals surface area contributed by atoms with Crippen LogP contribution in [0.4, 0.5) is 11.4 Å². The van der Waals surface area contributed by atoms with Crippen molar-refractivity contribution < 1.29 is 13.2 Å². The van der Waals surface area contributed by atoms with Gasteiger partial charge in [-0.1, -0.05) is 48.0 Å². The molecule has 3 aromatic carbocycles. The van der Waals surface area contributed by atoms with Gasteiger partial charge < -0.3 is 4.90 Å². The highest BCUT2D eigenvalue weighted by atomic mass is 35.5. The highest BCUT2D eigenvalue weighted by Gasteiger charge is 2.32. The van der Waals surface area contributed by atoms with E-state index in [4.69, 9.17) is 11.6 Å². The molecule has 3 aromatic rings. The molecule has 0 aromatic heterocycles. The zero-order valence-electron chi connectivity index (χ0n) is 15.7. The number of nitrogens with one attached hydrogen (secondary N) is 1. The molecule has 29 heavy (non-hydrogen) atoms. The Morgan fingerprint density at radius 3 is 2.48 bits per heavy atom. The van der Waals surface area contributed by atoms with Gasteiger partial charge in [0.05, 0.1) is 15.5 Å². The number of hydrogen-bond donors (Lipinski definition) is 1. The maximum absolute atomic E-state index is 13.3. The van der Waals surface area contributed by atoms with Crippen molar-refractivity contribution in [2.45, 2.75) is 24.3 Å². The molecule has 5 nitrogen and oxygen atoms in total. The molecule has 1 unspecified atom stereocenters. The molecule has 1 N–H and O–H groups in total. The Kier molecular flexibility index (Phi) is 5.06. The van der Waals surface area contributed by atoms with Gasteiger partial charge in [-0.25, -0.2) is 8.42 Å². The Morgan fingerprint density at radius 1 is 1.03 bits per heavy atom. The van der Waals surface area contributed by atoms with Crippen molar-refractivity contribution in [2.24, 2.45) is 0 Å². The summed E-state index contributed by atoms with van der Waals surface area (Å²) >= 11 is 6.31. The van der Waals surface area contributed by atoms with Crippen LogP contribution in [0.3, 0.4) is 0 Å². The number of fused-ring (bicyclic) bond motifs is 1. The number of sulfonamides is 1. The van der Waals surface area contributed by atoms with E-state index in [2.05, 4.69) is 4.72 Å². The number of anilines is 2. The summed E-state index contributed by atoms with van der Waals surface area (Å²) in [5, 5.41) is 0.272. The number of hydrogen-bond acceptors (Lipinski definition) is 3. The Hall–Kier alpha value is -2.83. The molecule has 0 fully saturated rings. The lowest BCUT2D eigenvalue weighted by atomic mass is 10.1. The number of benzene rings is 3. The third-order valence-corrected chi connectivity index (χ3v) is 6.66. The fraction of sp³-hybridized carbons (Fsp3) is 0.136. The summed E-state index contributed by atoms with van der Waals surface area (Å²) in [5.41, 5.74) is 2.49. The van der Waals surface area contributed by atoms with Crippen molar-refractivity contribution in [1.29, 1.82) is 0 Å². The van der Waals surface area contributed by atoms with Crippen LogP contribution >= 0.6 is 11.6 Å². The van der Waals surface area contributed by atoms with Crippen LogP contribution in [0, 0.1) is 0 Å². The molecule has 1 amide bonds. The zero-order chi connectivity index (χ0) is 20.6. The smallest absolute Gasteiger partial charge is 0.261 e. The number of nitrogens with zero attached hydrogens (tertiary/aromatic N) is 1. The number of rotatable bonds is 4. The van der Waals surface area contributed by atoms with Crippen LogP contribution in [0.25, 0.3) is 0 Å². The average Bonchev–Trinajstić information content (AvgIpc) is 3.05. The van der Waals surface area contributed by atoms with Crippen LogP contribution in [0.15, 0.2) is 77.7 Å². The Labute approximate surface area is 175 Å². The third kappa shape index (κ3) is 3.73. The molecule has 1 aliphatic heterocycles. The molecule has 1 atom stereocenters. The highest BCUT2D eigenvalue weighted by Crippen LogP contribution is 2.34. The van der Waals surface area contributed by atoms with Crippen LogP contribution < -0.4 is 9.62 Å². The van der Waals surface area contributed by atoms with Gasteiger partial charge in [0.15, 0.2) is 0 Å². The minimum atomic E-state index is -3.77. The van der Waals surface area contributed by atoms with Gasteiger partial charge in [-0.15, -0.1) is 0 Å². The summed E-state index contributed by atoms with van der Waals surface area (Å²) < 4.78 is 27.7. The van der Waals surface area contributed by atoms with E-state index in [1.165, 1.54) is 24.3 Å². The van der Waals surface area contributed by atoms with Crippen molar-refractivity contribution in [3.8, 4) is 0 Å². The van der Waals surface area contributed by atoms with E-state index in [-0.39, 0.29) is 33.1 Å². The third-order valence-electron chi connectivity index (χ3n) is 4.93. The van der Waals surface area contributed by atoms with Crippen molar-refractivity contribution in [3.05, 3.63) is 88.9 Å². The molecule has 148 valence electrons. The number of carbonyl (C=O) groups excluding carboxylic acids is 1. The predicted molar refractivity (Wildman–Crippen MR) is 115 cm³/mol. The molecule has 0 saturated heterocycles. The van der Waals surface area contributed by atoms with Gasteiger partial charge in [0.25, 0.3) is 15.9 Å². The number of para-hydroxylation sites is 1. The lowest BCUT2D eigenvalue weighted by Gasteiger charge is -2.23. The van der Waals surface area contributed by atoms with E-state index in [9.17, 15) is 13.2 Å². The predicted octanol–water partition coefficient (Wildman–Crippen LogP) is 4.73. The van der Waals surface area contributed by atoms with Gasteiger partial charge in [-0.3, -0.25) is 9.52 Å². The second-order valence-corrected chi connectivity index (χ2v) is 9.06. The molecule has 1 heterocycles. The van der Waals surface area contributed by atoms with Gasteiger partial charge in [-0.05, 0) is 55.3 Å². The first-order chi connectivity index (χ1) is 13.9. The molecule has 0 spiro atoms. The van der Waals surface area contributed by atoms with Gasteiger partial charge >= 0.3 is 0 Å². The minimum Gasteiger partial charge on any atom is -0.305 e. The summed E-state index contributed by atoms with van der Waals surface area (Å²) in [6, 6.07) is 20.4. The highest BCUT2D eigenvalue weighted by molar-refractivity contribution is 7.92. The van der Waals surface area contributed by atoms with E-state index < -0.39 is 10.0 Å². The van der Waals surface area contributed by atoms with Gasteiger partial charge in [0.1, 0.15) is 0 Å². The molecule has 0 bridgehead atoms. The number of amides is 1. The summed E-state index contributed by atoms with van der Waals surface area (Å²) in [7, 11) is -3.77. The van der Waals surface area contributed by atoms with E-state index in [1.54, 1.807) is 29.2 Å². The standard InChI is InChI=1S/C22H19ClN2O3S/c1-15-13-16-7-5-6-10-21(16)25(15)22(26)19-14-17(11-12-20(19)23)24-29(27,28)18-8-3-2-4-9-18/h2-12,14-15,24H,13H2,1H3. The summed E-state index contributed by atoms with van der Waals surface area (Å²) in [6.07, 6.45) is 0.764. The monoisotopic (exact) mass is 426 g/mol. The minimum absolute atomic E-state index is 0.0133. The van der Waals surface area contributed by atoms with Crippen LogP contribution in [0.5, 0.6) is 0 Å². The van der Waals surface area contributed by atoms with Crippen molar-refractivity contribution in [3.63, 3.8) is 0 Å². The first kappa shape index (κ1) is 19.5. The molecular formula is C22H19ClN2O3S. The van der Waals surface area contributed by atoms with E-state index >= 15 is 0 Å². The summed E-state index contributed by atoms with van der Waals surface area (Å²) in [4.78, 5) is 15.2. The van der Waals surface area contributed by atoms with Gasteiger partial charge in [0.2, 0.25) is 0 Å². The van der Waals surface area contributed by atoms with Gasteiger partial charge in [-0.2, -0.15) is 0 Å². The van der Waals surface area contributed by atoms with E-state index in [0.29, 0.717) is 0 Å². The molecule has 0 saturated carbocycles. The van der Waals surface area contributed by atoms with Crippen molar-refractivity contribution in [2.75, 3.05) is 9.62 Å².